The van der Waals surface area contributed by atoms with Crippen LogP contribution < -0.4 is 15.0 Å². The highest BCUT2D eigenvalue weighted by molar-refractivity contribution is 5.78. The van der Waals surface area contributed by atoms with Gasteiger partial charge >= 0.3 is 0 Å². The summed E-state index contributed by atoms with van der Waals surface area (Å²) in [5, 5.41) is 3.05. The molecule has 0 saturated carbocycles. The van der Waals surface area contributed by atoms with Gasteiger partial charge in [0.05, 0.1) is 19.6 Å². The maximum Gasteiger partial charge on any atom is 0.224 e. The Kier molecular flexibility index (Phi) is 7.04. The second-order valence-corrected chi connectivity index (χ2v) is 6.79. The van der Waals surface area contributed by atoms with Crippen LogP contribution in [-0.2, 0) is 11.2 Å². The molecule has 0 bridgehead atoms. The minimum Gasteiger partial charge on any atom is -0.497 e. The van der Waals surface area contributed by atoms with E-state index in [0.717, 1.165) is 17.0 Å². The van der Waals surface area contributed by atoms with Crippen molar-refractivity contribution in [3.63, 3.8) is 0 Å². The third kappa shape index (κ3) is 5.49. The predicted octanol–water partition coefficient (Wildman–Crippen LogP) is 2.72. The molecule has 2 rings (SSSR count). The lowest BCUT2D eigenvalue weighted by molar-refractivity contribution is -0.120. The number of likely N-dealkylation sites (N-methyl/N-ethyl adjacent to an activating group) is 1. The molecule has 0 heterocycles. The van der Waals surface area contributed by atoms with Crippen LogP contribution >= 0.6 is 0 Å². The second-order valence-electron chi connectivity index (χ2n) is 6.79. The highest BCUT2D eigenvalue weighted by atomic mass is 16.5. The number of carbonyl (C=O) groups excluding carboxylic acids is 1. The van der Waals surface area contributed by atoms with Crippen molar-refractivity contribution in [1.82, 2.24) is 10.2 Å². The van der Waals surface area contributed by atoms with Gasteiger partial charge in [0.2, 0.25) is 5.91 Å². The first-order chi connectivity index (χ1) is 12.4. The molecule has 0 radical (unpaired) electrons. The van der Waals surface area contributed by atoms with Gasteiger partial charge in [-0.05, 0) is 49.5 Å². The van der Waals surface area contributed by atoms with E-state index in [9.17, 15) is 4.79 Å². The van der Waals surface area contributed by atoms with E-state index in [-0.39, 0.29) is 11.9 Å². The quantitative estimate of drug-likeness (QED) is 0.791. The summed E-state index contributed by atoms with van der Waals surface area (Å²) >= 11 is 0. The number of hydrogen-bond donors (Lipinski definition) is 1. The van der Waals surface area contributed by atoms with Crippen LogP contribution in [0.1, 0.15) is 17.2 Å². The van der Waals surface area contributed by atoms with Crippen LogP contribution in [0.5, 0.6) is 5.75 Å². The fourth-order valence-corrected chi connectivity index (χ4v) is 2.79. The van der Waals surface area contributed by atoms with E-state index in [2.05, 4.69) is 39.4 Å². The van der Waals surface area contributed by atoms with Gasteiger partial charge in [0, 0.05) is 26.3 Å². The van der Waals surface area contributed by atoms with Crippen molar-refractivity contribution >= 4 is 11.6 Å². The number of hydrogen-bond acceptors (Lipinski definition) is 4. The minimum absolute atomic E-state index is 0.0203. The molecule has 0 saturated heterocycles. The van der Waals surface area contributed by atoms with E-state index in [1.165, 1.54) is 5.56 Å². The zero-order valence-electron chi connectivity index (χ0n) is 16.3. The lowest BCUT2D eigenvalue weighted by atomic mass is 10.0. The molecule has 0 aliphatic rings. The third-order valence-electron chi connectivity index (χ3n) is 4.43. The molecule has 0 aliphatic carbocycles. The first kappa shape index (κ1) is 19.8. The van der Waals surface area contributed by atoms with Crippen LogP contribution in [0.15, 0.2) is 48.5 Å². The van der Waals surface area contributed by atoms with Crippen LogP contribution in [0, 0.1) is 0 Å². The van der Waals surface area contributed by atoms with Gasteiger partial charge in [-0.15, -0.1) is 0 Å². The fourth-order valence-electron chi connectivity index (χ4n) is 2.79. The van der Waals surface area contributed by atoms with E-state index in [4.69, 9.17) is 4.74 Å². The lowest BCUT2D eigenvalue weighted by Crippen LogP contribution is -2.35. The molecular formula is C21H29N3O2. The number of anilines is 1. The number of nitrogens with one attached hydrogen (secondary N) is 1. The number of carbonyl (C=O) groups is 1. The smallest absolute Gasteiger partial charge is 0.224 e. The van der Waals surface area contributed by atoms with Crippen LogP contribution in [0.3, 0.4) is 0 Å². The zero-order valence-corrected chi connectivity index (χ0v) is 16.3. The minimum atomic E-state index is 0.0203. The van der Waals surface area contributed by atoms with Crippen LogP contribution in [-0.4, -0.2) is 52.7 Å². The molecule has 1 unspecified atom stereocenters. The molecule has 5 nitrogen and oxygen atoms in total. The van der Waals surface area contributed by atoms with E-state index in [0.29, 0.717) is 13.0 Å². The first-order valence-corrected chi connectivity index (χ1v) is 8.74. The van der Waals surface area contributed by atoms with E-state index in [1.54, 1.807) is 7.11 Å². The lowest BCUT2D eigenvalue weighted by Gasteiger charge is -2.26. The Morgan fingerprint density at radius 1 is 1.00 bits per heavy atom. The van der Waals surface area contributed by atoms with Crippen molar-refractivity contribution in [3.8, 4) is 5.75 Å². The largest absolute Gasteiger partial charge is 0.497 e. The van der Waals surface area contributed by atoms with E-state index < -0.39 is 0 Å². The van der Waals surface area contributed by atoms with Gasteiger partial charge in [0.25, 0.3) is 0 Å². The molecule has 0 aromatic heterocycles. The molecule has 1 amide bonds. The predicted molar refractivity (Wildman–Crippen MR) is 107 cm³/mol. The maximum absolute atomic E-state index is 12.3. The molecule has 26 heavy (non-hydrogen) atoms. The molecule has 0 fully saturated rings. The van der Waals surface area contributed by atoms with Crippen molar-refractivity contribution in [3.05, 3.63) is 59.7 Å². The van der Waals surface area contributed by atoms with Crippen LogP contribution in [0.4, 0.5) is 5.69 Å². The van der Waals surface area contributed by atoms with Crippen molar-refractivity contribution in [2.75, 3.05) is 46.7 Å². The molecule has 1 atom stereocenters. The molecule has 0 spiro atoms. The number of nitrogens with zero attached hydrogens (tertiary/aromatic N) is 2. The molecule has 1 N–H and O–H groups in total. The number of ether oxygens (including phenoxy) is 1. The molecule has 140 valence electrons. The van der Waals surface area contributed by atoms with Crippen LogP contribution in [0.25, 0.3) is 0 Å². The van der Waals surface area contributed by atoms with Crippen molar-refractivity contribution < 1.29 is 9.53 Å². The van der Waals surface area contributed by atoms with Gasteiger partial charge in [0.15, 0.2) is 0 Å². The normalized spacial score (nSPS) is 11.9. The second kappa shape index (κ2) is 9.25. The highest BCUT2D eigenvalue weighted by Gasteiger charge is 2.15. The first-order valence-electron chi connectivity index (χ1n) is 8.74. The standard InChI is InChI=1S/C21H29N3O2/c1-23(2)18-10-8-17(9-11-18)20(24(3)4)15-22-21(25)14-16-6-12-19(26-5)13-7-16/h6-13,20H,14-15H2,1-5H3,(H,22,25). The van der Waals surface area contributed by atoms with Crippen molar-refractivity contribution in [2.24, 2.45) is 0 Å². The summed E-state index contributed by atoms with van der Waals surface area (Å²) in [7, 11) is 9.74. The zero-order chi connectivity index (χ0) is 19.1. The molecule has 0 aliphatic heterocycles. The molecule has 5 heteroatoms. The molecular weight excluding hydrogens is 326 g/mol. The average molecular weight is 355 g/mol. The summed E-state index contributed by atoms with van der Waals surface area (Å²) in [4.78, 5) is 16.5. The fraction of sp³-hybridized carbons (Fsp3) is 0.381. The third-order valence-corrected chi connectivity index (χ3v) is 4.43. The Labute approximate surface area is 156 Å². The Hall–Kier alpha value is -2.53. The molecule has 2 aromatic carbocycles. The van der Waals surface area contributed by atoms with Gasteiger partial charge in [-0.2, -0.15) is 0 Å². The topological polar surface area (TPSA) is 44.8 Å². The summed E-state index contributed by atoms with van der Waals surface area (Å²) in [6, 6.07) is 16.2. The number of benzene rings is 2. The van der Waals surface area contributed by atoms with Gasteiger partial charge in [-0.3, -0.25) is 4.79 Å². The summed E-state index contributed by atoms with van der Waals surface area (Å²) in [6.07, 6.45) is 0.365. The number of amides is 1. The van der Waals surface area contributed by atoms with Crippen molar-refractivity contribution in [2.45, 2.75) is 12.5 Å². The van der Waals surface area contributed by atoms with Crippen molar-refractivity contribution in [1.29, 1.82) is 0 Å². The van der Waals surface area contributed by atoms with Gasteiger partial charge in [-0.25, -0.2) is 0 Å². The van der Waals surface area contributed by atoms with Gasteiger partial charge < -0.3 is 19.9 Å². The van der Waals surface area contributed by atoms with Crippen LogP contribution in [0.2, 0.25) is 0 Å². The SMILES string of the molecule is COc1ccc(CC(=O)NCC(c2ccc(N(C)C)cc2)N(C)C)cc1. The molecule has 2 aromatic rings. The van der Waals surface area contributed by atoms with E-state index >= 15 is 0 Å². The summed E-state index contributed by atoms with van der Waals surface area (Å²) in [5.41, 5.74) is 3.32. The summed E-state index contributed by atoms with van der Waals surface area (Å²) < 4.78 is 5.14. The monoisotopic (exact) mass is 355 g/mol. The average Bonchev–Trinajstić information content (AvgIpc) is 2.62. The Bertz CT molecular complexity index is 694. The van der Waals surface area contributed by atoms with Gasteiger partial charge in [0.1, 0.15) is 5.75 Å². The Balaban J connectivity index is 1.95. The highest BCUT2D eigenvalue weighted by Crippen LogP contribution is 2.21. The van der Waals surface area contributed by atoms with E-state index in [1.807, 2.05) is 52.5 Å². The van der Waals surface area contributed by atoms with Gasteiger partial charge in [-0.1, -0.05) is 24.3 Å². The maximum atomic E-state index is 12.3. The Morgan fingerprint density at radius 3 is 2.12 bits per heavy atom. The summed E-state index contributed by atoms with van der Waals surface area (Å²) in [5.74, 6) is 0.815. The Morgan fingerprint density at radius 2 is 1.62 bits per heavy atom. The number of rotatable bonds is 8. The number of methoxy groups -OCH3 is 1. The summed E-state index contributed by atoms with van der Waals surface area (Å²) in [6.45, 7) is 0.573.